The maximum Gasteiger partial charge on any atom is 0.204 e. The Morgan fingerprint density at radius 1 is 1.20 bits per heavy atom. The van der Waals surface area contributed by atoms with E-state index in [1.54, 1.807) is 4.80 Å². The van der Waals surface area contributed by atoms with E-state index in [4.69, 9.17) is 11.6 Å². The van der Waals surface area contributed by atoms with Gasteiger partial charge in [0.2, 0.25) is 5.82 Å². The molecule has 0 fully saturated rings. The molecule has 78 valence electrons. The zero-order valence-corrected chi connectivity index (χ0v) is 9.31. The second kappa shape index (κ2) is 3.98. The Labute approximate surface area is 92.9 Å². The van der Waals surface area contributed by atoms with Crippen LogP contribution >= 0.6 is 11.6 Å². The van der Waals surface area contributed by atoms with Crippen LogP contribution in [0, 0.1) is 0 Å². The number of hydrogen-bond donors (Lipinski definition) is 0. The van der Waals surface area contributed by atoms with Gasteiger partial charge in [-0.3, -0.25) is 0 Å². The highest BCUT2D eigenvalue weighted by Crippen LogP contribution is 2.17. The normalized spacial score (nSPS) is 10.9. The van der Waals surface area contributed by atoms with Crippen LogP contribution < -0.4 is 0 Å². The molecule has 1 heterocycles. The topological polar surface area (TPSA) is 43.6 Å². The van der Waals surface area contributed by atoms with E-state index in [2.05, 4.69) is 15.4 Å². The molecule has 0 bridgehead atoms. The molecule has 0 spiro atoms. The summed E-state index contributed by atoms with van der Waals surface area (Å²) in [6.45, 7) is 4.01. The Hall–Kier alpha value is -1.42. The average Bonchev–Trinajstić information content (AvgIpc) is 2.68. The third-order valence-corrected chi connectivity index (χ3v) is 2.24. The van der Waals surface area contributed by atoms with Crippen LogP contribution in [0.15, 0.2) is 24.3 Å². The molecular formula is C10H11ClN4. The fourth-order valence-corrected chi connectivity index (χ4v) is 1.28. The Balaban J connectivity index is 2.33. The van der Waals surface area contributed by atoms with Crippen molar-refractivity contribution in [2.75, 3.05) is 0 Å². The van der Waals surface area contributed by atoms with Gasteiger partial charge < -0.3 is 0 Å². The van der Waals surface area contributed by atoms with E-state index in [0.29, 0.717) is 10.8 Å². The molecule has 4 nitrogen and oxygen atoms in total. The Morgan fingerprint density at radius 2 is 1.87 bits per heavy atom. The first-order valence-electron chi connectivity index (χ1n) is 4.72. The lowest BCUT2D eigenvalue weighted by molar-refractivity contribution is 0.455. The quantitative estimate of drug-likeness (QED) is 0.785. The first kappa shape index (κ1) is 10.1. The zero-order valence-electron chi connectivity index (χ0n) is 8.55. The second-order valence-corrected chi connectivity index (χ2v) is 3.97. The molecule has 2 aromatic rings. The number of nitrogens with zero attached hydrogens (tertiary/aromatic N) is 4. The third-order valence-electron chi connectivity index (χ3n) is 1.99. The summed E-state index contributed by atoms with van der Waals surface area (Å²) >= 11 is 5.79. The van der Waals surface area contributed by atoms with Crippen molar-refractivity contribution in [1.82, 2.24) is 20.2 Å². The predicted molar refractivity (Wildman–Crippen MR) is 58.6 cm³/mol. The van der Waals surface area contributed by atoms with Gasteiger partial charge in [0.25, 0.3) is 0 Å². The monoisotopic (exact) mass is 222 g/mol. The average molecular weight is 223 g/mol. The lowest BCUT2D eigenvalue weighted by atomic mass is 10.2. The van der Waals surface area contributed by atoms with Gasteiger partial charge >= 0.3 is 0 Å². The molecule has 1 aromatic carbocycles. The minimum atomic E-state index is 0.221. The molecular weight excluding hydrogens is 212 g/mol. The Bertz CT molecular complexity index is 447. The maximum atomic E-state index is 5.79. The van der Waals surface area contributed by atoms with E-state index in [-0.39, 0.29) is 6.04 Å². The smallest absolute Gasteiger partial charge is 0.161 e. The summed E-state index contributed by atoms with van der Waals surface area (Å²) in [5.41, 5.74) is 0.923. The number of hydrogen-bond acceptors (Lipinski definition) is 3. The maximum absolute atomic E-state index is 5.79. The van der Waals surface area contributed by atoms with Gasteiger partial charge in [0.15, 0.2) is 0 Å². The molecule has 0 saturated carbocycles. The first-order valence-corrected chi connectivity index (χ1v) is 5.10. The molecule has 2 rings (SSSR count). The predicted octanol–water partition coefficient (Wildman–Crippen LogP) is 2.57. The Kier molecular flexibility index (Phi) is 2.68. The van der Waals surface area contributed by atoms with Gasteiger partial charge in [-0.15, -0.1) is 10.2 Å². The van der Waals surface area contributed by atoms with E-state index in [1.165, 1.54) is 0 Å². The molecule has 0 radical (unpaired) electrons. The van der Waals surface area contributed by atoms with E-state index < -0.39 is 0 Å². The van der Waals surface area contributed by atoms with Crippen molar-refractivity contribution in [2.24, 2.45) is 0 Å². The summed E-state index contributed by atoms with van der Waals surface area (Å²) in [4.78, 5) is 1.59. The summed E-state index contributed by atoms with van der Waals surface area (Å²) in [5, 5.41) is 12.9. The summed E-state index contributed by atoms with van der Waals surface area (Å²) in [6, 6.07) is 7.60. The van der Waals surface area contributed by atoms with Gasteiger partial charge in [-0.1, -0.05) is 11.6 Å². The molecule has 0 aliphatic carbocycles. The molecule has 0 saturated heterocycles. The number of tetrazole rings is 1. The number of rotatable bonds is 2. The van der Waals surface area contributed by atoms with Gasteiger partial charge in [-0.25, -0.2) is 0 Å². The van der Waals surface area contributed by atoms with Crippen LogP contribution in [0.2, 0.25) is 5.02 Å². The van der Waals surface area contributed by atoms with Crippen molar-refractivity contribution in [2.45, 2.75) is 19.9 Å². The van der Waals surface area contributed by atoms with E-state index in [1.807, 2.05) is 38.1 Å². The van der Waals surface area contributed by atoms with Crippen LogP contribution in [-0.4, -0.2) is 20.2 Å². The molecule has 0 aliphatic heterocycles. The minimum Gasteiger partial charge on any atom is -0.161 e. The molecule has 1 aromatic heterocycles. The molecule has 0 N–H and O–H groups in total. The second-order valence-electron chi connectivity index (χ2n) is 3.53. The largest absolute Gasteiger partial charge is 0.204 e. The van der Waals surface area contributed by atoms with Crippen molar-refractivity contribution < 1.29 is 0 Å². The standard InChI is InChI=1S/C10H11ClN4/c1-7(2)15-13-10(12-14-15)8-3-5-9(11)6-4-8/h3-7H,1-2H3. The van der Waals surface area contributed by atoms with Crippen LogP contribution in [0.4, 0.5) is 0 Å². The molecule has 0 atom stereocenters. The van der Waals surface area contributed by atoms with Gasteiger partial charge in [0.1, 0.15) is 0 Å². The fourth-order valence-electron chi connectivity index (χ4n) is 1.16. The van der Waals surface area contributed by atoms with Gasteiger partial charge in [0.05, 0.1) is 6.04 Å². The lowest BCUT2D eigenvalue weighted by Gasteiger charge is -1.99. The SMILES string of the molecule is CC(C)n1nnc(-c2ccc(Cl)cc2)n1. The van der Waals surface area contributed by atoms with Gasteiger partial charge in [-0.2, -0.15) is 4.80 Å². The fraction of sp³-hybridized carbons (Fsp3) is 0.300. The molecule has 5 heteroatoms. The zero-order chi connectivity index (χ0) is 10.8. The summed E-state index contributed by atoms with van der Waals surface area (Å²) in [5.74, 6) is 0.625. The number of aromatic nitrogens is 4. The van der Waals surface area contributed by atoms with Crippen molar-refractivity contribution in [3.05, 3.63) is 29.3 Å². The number of halogens is 1. The summed E-state index contributed by atoms with van der Waals surface area (Å²) in [7, 11) is 0. The third kappa shape index (κ3) is 2.15. The van der Waals surface area contributed by atoms with E-state index in [9.17, 15) is 0 Å². The van der Waals surface area contributed by atoms with Gasteiger partial charge in [0, 0.05) is 10.6 Å². The summed E-state index contributed by atoms with van der Waals surface area (Å²) in [6.07, 6.45) is 0. The number of benzene rings is 1. The van der Waals surface area contributed by atoms with Crippen LogP contribution in [0.3, 0.4) is 0 Å². The molecule has 0 amide bonds. The molecule has 15 heavy (non-hydrogen) atoms. The van der Waals surface area contributed by atoms with Crippen LogP contribution in [0.1, 0.15) is 19.9 Å². The van der Waals surface area contributed by atoms with Gasteiger partial charge in [-0.05, 0) is 43.3 Å². The Morgan fingerprint density at radius 3 is 2.40 bits per heavy atom. The van der Waals surface area contributed by atoms with E-state index in [0.717, 1.165) is 5.56 Å². The highest BCUT2D eigenvalue weighted by molar-refractivity contribution is 6.30. The summed E-state index contributed by atoms with van der Waals surface area (Å²) < 4.78 is 0. The highest BCUT2D eigenvalue weighted by Gasteiger charge is 2.07. The van der Waals surface area contributed by atoms with Crippen LogP contribution in [-0.2, 0) is 0 Å². The molecule has 0 aliphatic rings. The van der Waals surface area contributed by atoms with Crippen LogP contribution in [0.5, 0.6) is 0 Å². The minimum absolute atomic E-state index is 0.221. The highest BCUT2D eigenvalue weighted by atomic mass is 35.5. The van der Waals surface area contributed by atoms with Crippen molar-refractivity contribution in [3.8, 4) is 11.4 Å². The van der Waals surface area contributed by atoms with Crippen molar-refractivity contribution in [3.63, 3.8) is 0 Å². The van der Waals surface area contributed by atoms with Crippen molar-refractivity contribution >= 4 is 11.6 Å². The lowest BCUT2D eigenvalue weighted by Crippen LogP contribution is -2.04. The first-order chi connectivity index (χ1) is 7.16. The van der Waals surface area contributed by atoms with Crippen LogP contribution in [0.25, 0.3) is 11.4 Å². The van der Waals surface area contributed by atoms with Crippen molar-refractivity contribution in [1.29, 1.82) is 0 Å². The van der Waals surface area contributed by atoms with E-state index >= 15 is 0 Å². The molecule has 0 unspecified atom stereocenters.